The summed E-state index contributed by atoms with van der Waals surface area (Å²) in [7, 11) is -4.18. The number of para-hydroxylation sites is 1. The van der Waals surface area contributed by atoms with E-state index in [2.05, 4.69) is 4.98 Å². The summed E-state index contributed by atoms with van der Waals surface area (Å²) >= 11 is 0. The standard InChI is InChI=1S/C25H18N4O5S/c1-17-7-13-21(14-8-17)35(33,34)25-23(18-9-11-20(12-10-18)29(31)32)28(19-5-3-2-4-6-19)24(30)22-15-26-16-27(22)25/h2-16H,1H3. The van der Waals surface area contributed by atoms with Crippen LogP contribution in [0.4, 0.5) is 5.69 Å². The number of sulfone groups is 1. The number of rotatable bonds is 5. The molecular weight excluding hydrogens is 468 g/mol. The van der Waals surface area contributed by atoms with Crippen molar-refractivity contribution >= 4 is 21.0 Å². The van der Waals surface area contributed by atoms with Gasteiger partial charge >= 0.3 is 0 Å². The Hall–Kier alpha value is -4.57. The molecule has 0 saturated heterocycles. The normalized spacial score (nSPS) is 11.6. The number of non-ortho nitro benzene ring substituents is 1. The Bertz CT molecular complexity index is 1740. The van der Waals surface area contributed by atoms with E-state index in [0.29, 0.717) is 11.3 Å². The first-order chi connectivity index (χ1) is 16.8. The summed E-state index contributed by atoms with van der Waals surface area (Å²) in [6.45, 7) is 1.85. The lowest BCUT2D eigenvalue weighted by atomic mass is 10.1. The third-order valence-corrected chi connectivity index (χ3v) is 7.45. The smallest absolute Gasteiger partial charge is 0.281 e. The topological polar surface area (TPSA) is 117 Å². The molecule has 35 heavy (non-hydrogen) atoms. The predicted octanol–water partition coefficient (Wildman–Crippen LogP) is 4.20. The number of hydrogen-bond acceptors (Lipinski definition) is 6. The van der Waals surface area contributed by atoms with Crippen molar-refractivity contribution in [3.8, 4) is 16.9 Å². The molecule has 9 nitrogen and oxygen atoms in total. The summed E-state index contributed by atoms with van der Waals surface area (Å²) in [6, 6.07) is 20.4. The molecule has 0 N–H and O–H groups in total. The molecule has 0 bridgehead atoms. The van der Waals surface area contributed by atoms with Gasteiger partial charge < -0.3 is 0 Å². The van der Waals surface area contributed by atoms with Gasteiger partial charge in [-0.3, -0.25) is 23.9 Å². The maximum absolute atomic E-state index is 14.0. The maximum atomic E-state index is 14.0. The highest BCUT2D eigenvalue weighted by Gasteiger charge is 2.30. The van der Waals surface area contributed by atoms with E-state index < -0.39 is 20.3 Å². The van der Waals surface area contributed by atoms with Crippen LogP contribution < -0.4 is 5.56 Å². The summed E-state index contributed by atoms with van der Waals surface area (Å²) in [6.07, 6.45) is 2.59. The van der Waals surface area contributed by atoms with Crippen molar-refractivity contribution in [2.24, 2.45) is 0 Å². The Kier molecular flexibility index (Phi) is 5.29. The second-order valence-electron chi connectivity index (χ2n) is 7.90. The molecule has 0 atom stereocenters. The highest BCUT2D eigenvalue weighted by molar-refractivity contribution is 7.91. The lowest BCUT2D eigenvalue weighted by Crippen LogP contribution is -2.26. The molecule has 2 aromatic heterocycles. The van der Waals surface area contributed by atoms with Crippen molar-refractivity contribution in [2.45, 2.75) is 16.8 Å². The summed E-state index contributed by atoms with van der Waals surface area (Å²) in [4.78, 5) is 28.4. The molecular formula is C25H18N4O5S. The average molecular weight is 487 g/mol. The third kappa shape index (κ3) is 3.69. The number of nitro benzene ring substituents is 1. The number of imidazole rings is 1. The molecule has 2 heterocycles. The van der Waals surface area contributed by atoms with E-state index in [0.717, 1.165) is 5.56 Å². The lowest BCUT2D eigenvalue weighted by Gasteiger charge is -2.19. The van der Waals surface area contributed by atoms with E-state index >= 15 is 0 Å². The summed E-state index contributed by atoms with van der Waals surface area (Å²) in [5.74, 6) is 0. The van der Waals surface area contributed by atoms with Gasteiger partial charge in [-0.05, 0) is 43.3 Å². The predicted molar refractivity (Wildman–Crippen MR) is 130 cm³/mol. The van der Waals surface area contributed by atoms with Crippen LogP contribution in [0.15, 0.2) is 106 Å². The van der Waals surface area contributed by atoms with Gasteiger partial charge in [-0.15, -0.1) is 0 Å². The Morgan fingerprint density at radius 2 is 1.57 bits per heavy atom. The average Bonchev–Trinajstić information content (AvgIpc) is 3.34. The first-order valence-corrected chi connectivity index (χ1v) is 12.0. The zero-order valence-electron chi connectivity index (χ0n) is 18.4. The molecule has 0 aliphatic heterocycles. The van der Waals surface area contributed by atoms with Gasteiger partial charge in [-0.2, -0.15) is 0 Å². The minimum absolute atomic E-state index is 0.0412. The first kappa shape index (κ1) is 22.2. The van der Waals surface area contributed by atoms with E-state index in [1.807, 2.05) is 6.92 Å². The van der Waals surface area contributed by atoms with Crippen LogP contribution in [-0.2, 0) is 9.84 Å². The molecule has 5 rings (SSSR count). The van der Waals surface area contributed by atoms with Gasteiger partial charge in [0.25, 0.3) is 11.2 Å². The highest BCUT2D eigenvalue weighted by atomic mass is 32.2. The van der Waals surface area contributed by atoms with E-state index in [-0.39, 0.29) is 26.8 Å². The number of benzene rings is 3. The number of nitrogens with zero attached hydrogens (tertiary/aromatic N) is 4. The molecule has 174 valence electrons. The van der Waals surface area contributed by atoms with Gasteiger partial charge in [-0.1, -0.05) is 35.9 Å². The van der Waals surface area contributed by atoms with Crippen LogP contribution in [0.5, 0.6) is 0 Å². The van der Waals surface area contributed by atoms with E-state index in [1.54, 1.807) is 42.5 Å². The second kappa shape index (κ2) is 8.33. The lowest BCUT2D eigenvalue weighted by molar-refractivity contribution is -0.384. The van der Waals surface area contributed by atoms with Crippen LogP contribution in [-0.4, -0.2) is 27.3 Å². The fraction of sp³-hybridized carbons (Fsp3) is 0.0400. The summed E-state index contributed by atoms with van der Waals surface area (Å²) < 4.78 is 30.7. The van der Waals surface area contributed by atoms with Gasteiger partial charge in [0.1, 0.15) is 11.8 Å². The molecule has 0 amide bonds. The van der Waals surface area contributed by atoms with Gasteiger partial charge in [0.15, 0.2) is 5.03 Å². The second-order valence-corrected chi connectivity index (χ2v) is 9.76. The largest absolute Gasteiger partial charge is 0.282 e. The molecule has 0 unspecified atom stereocenters. The van der Waals surface area contributed by atoms with Crippen LogP contribution in [0.2, 0.25) is 0 Å². The molecule has 0 spiro atoms. The van der Waals surface area contributed by atoms with Crippen LogP contribution >= 0.6 is 0 Å². The van der Waals surface area contributed by atoms with Crippen molar-refractivity contribution < 1.29 is 13.3 Å². The Labute approximate surface area is 199 Å². The Morgan fingerprint density at radius 1 is 0.914 bits per heavy atom. The van der Waals surface area contributed by atoms with Gasteiger partial charge in [0.2, 0.25) is 9.84 Å². The van der Waals surface area contributed by atoms with Crippen LogP contribution in [0.3, 0.4) is 0 Å². The monoisotopic (exact) mass is 486 g/mol. The minimum atomic E-state index is -4.18. The van der Waals surface area contributed by atoms with Crippen LogP contribution in [0.25, 0.3) is 22.5 Å². The fourth-order valence-corrected chi connectivity index (χ4v) is 5.53. The van der Waals surface area contributed by atoms with Crippen LogP contribution in [0, 0.1) is 17.0 Å². The van der Waals surface area contributed by atoms with Crippen molar-refractivity contribution in [3.05, 3.63) is 117 Å². The Morgan fingerprint density at radius 3 is 2.20 bits per heavy atom. The number of hydrogen-bond donors (Lipinski definition) is 0. The maximum Gasteiger partial charge on any atom is 0.281 e. The van der Waals surface area contributed by atoms with Crippen molar-refractivity contribution in [1.29, 1.82) is 0 Å². The van der Waals surface area contributed by atoms with Gasteiger partial charge in [0, 0.05) is 23.4 Å². The fourth-order valence-electron chi connectivity index (χ4n) is 3.94. The van der Waals surface area contributed by atoms with Crippen LogP contribution in [0.1, 0.15) is 5.56 Å². The van der Waals surface area contributed by atoms with E-state index in [1.165, 1.54) is 57.9 Å². The Balaban J connectivity index is 1.96. The zero-order valence-corrected chi connectivity index (χ0v) is 19.2. The van der Waals surface area contributed by atoms with E-state index in [4.69, 9.17) is 0 Å². The molecule has 10 heteroatoms. The first-order valence-electron chi connectivity index (χ1n) is 10.5. The quantitative estimate of drug-likeness (QED) is 0.271. The van der Waals surface area contributed by atoms with Crippen molar-refractivity contribution in [2.75, 3.05) is 0 Å². The highest BCUT2D eigenvalue weighted by Crippen LogP contribution is 2.34. The van der Waals surface area contributed by atoms with E-state index in [9.17, 15) is 23.3 Å². The molecule has 3 aromatic carbocycles. The number of aromatic nitrogens is 3. The number of aryl methyl sites for hydroxylation is 1. The molecule has 0 fully saturated rings. The van der Waals surface area contributed by atoms with Gasteiger partial charge in [0.05, 0.1) is 21.7 Å². The van der Waals surface area contributed by atoms with Gasteiger partial charge in [-0.25, -0.2) is 13.4 Å². The molecule has 0 aliphatic rings. The zero-order chi connectivity index (χ0) is 24.7. The third-order valence-electron chi connectivity index (χ3n) is 5.66. The summed E-state index contributed by atoms with van der Waals surface area (Å²) in [5, 5.41) is 11.0. The molecule has 0 aliphatic carbocycles. The number of nitro groups is 1. The molecule has 0 saturated carbocycles. The van der Waals surface area contributed by atoms with Crippen molar-refractivity contribution in [1.82, 2.24) is 14.0 Å². The van der Waals surface area contributed by atoms with Crippen molar-refractivity contribution in [3.63, 3.8) is 0 Å². The minimum Gasteiger partial charge on any atom is -0.282 e. The molecule has 5 aromatic rings. The summed E-state index contributed by atoms with van der Waals surface area (Å²) in [5.41, 5.74) is 1.15. The SMILES string of the molecule is Cc1ccc(S(=O)(=O)c2c(-c3ccc([N+](=O)[O-])cc3)n(-c3ccccc3)c(=O)c3cncn23)cc1. The molecule has 0 radical (unpaired) electrons. The number of fused-ring (bicyclic) bond motifs is 1.